The number of anilines is 1. The Bertz CT molecular complexity index is 1320. The lowest BCUT2D eigenvalue weighted by atomic mass is 9.69. The van der Waals surface area contributed by atoms with E-state index in [1.807, 2.05) is 23.3 Å². The predicted octanol–water partition coefficient (Wildman–Crippen LogP) is 5.81. The van der Waals surface area contributed by atoms with Crippen LogP contribution in [0.25, 0.3) is 0 Å². The van der Waals surface area contributed by atoms with Crippen LogP contribution in [0.1, 0.15) is 71.9 Å². The van der Waals surface area contributed by atoms with Crippen molar-refractivity contribution in [3.8, 4) is 12.1 Å². The molecule has 33 heavy (non-hydrogen) atoms. The van der Waals surface area contributed by atoms with Crippen LogP contribution < -0.4 is 10.6 Å². The Kier molecular flexibility index (Phi) is 5.23. The van der Waals surface area contributed by atoms with Gasteiger partial charge in [0.1, 0.15) is 16.9 Å². The highest BCUT2D eigenvalue weighted by Crippen LogP contribution is 2.53. The number of carbonyl (C=O) groups is 1. The van der Waals surface area contributed by atoms with Gasteiger partial charge in [-0.3, -0.25) is 9.69 Å². The normalized spacial score (nSPS) is 22.0. The zero-order chi connectivity index (χ0) is 23.5. The summed E-state index contributed by atoms with van der Waals surface area (Å²) in [6.45, 7) is 6.22. The highest BCUT2D eigenvalue weighted by atomic mass is 32.1. The second-order valence-corrected chi connectivity index (χ2v) is 12.0. The Morgan fingerprint density at radius 2 is 1.94 bits per heavy atom. The number of rotatable bonds is 2. The van der Waals surface area contributed by atoms with Gasteiger partial charge in [0.15, 0.2) is 5.78 Å². The SMILES string of the molecule is Cc1ccsc1[C@H]1C(C#N)=C(N)N(c2sc3c(c2C#N)CCCC3)C2=C1C(=O)CC(C)(C)C2. The minimum absolute atomic E-state index is 0.0733. The van der Waals surface area contributed by atoms with Crippen LogP contribution in [0.2, 0.25) is 0 Å². The van der Waals surface area contributed by atoms with E-state index in [-0.39, 0.29) is 11.2 Å². The number of hydrogen-bond acceptors (Lipinski definition) is 7. The molecule has 7 heteroatoms. The summed E-state index contributed by atoms with van der Waals surface area (Å²) in [5.74, 6) is -0.0104. The number of nitrogens with zero attached hydrogens (tertiary/aromatic N) is 3. The molecule has 0 radical (unpaired) electrons. The second kappa shape index (κ2) is 7.87. The van der Waals surface area contributed by atoms with Crippen molar-refractivity contribution in [2.75, 3.05) is 4.90 Å². The summed E-state index contributed by atoms with van der Waals surface area (Å²) in [6.07, 6.45) is 5.15. The molecule has 0 fully saturated rings. The van der Waals surface area contributed by atoms with E-state index in [4.69, 9.17) is 5.73 Å². The van der Waals surface area contributed by atoms with Crippen molar-refractivity contribution in [2.45, 2.75) is 65.2 Å². The first kappa shape index (κ1) is 21.9. The van der Waals surface area contributed by atoms with E-state index in [1.165, 1.54) is 4.88 Å². The van der Waals surface area contributed by atoms with Crippen molar-refractivity contribution in [1.82, 2.24) is 0 Å². The molecule has 0 unspecified atom stereocenters. The number of hydrogen-bond donors (Lipinski definition) is 1. The molecule has 3 heterocycles. The van der Waals surface area contributed by atoms with Gasteiger partial charge in [0.25, 0.3) is 0 Å². The molecule has 1 aliphatic heterocycles. The highest BCUT2D eigenvalue weighted by Gasteiger charge is 2.46. The zero-order valence-corrected chi connectivity index (χ0v) is 20.8. The van der Waals surface area contributed by atoms with Crippen molar-refractivity contribution in [3.05, 3.63) is 60.6 Å². The first-order valence-electron chi connectivity index (χ1n) is 11.3. The van der Waals surface area contributed by atoms with Crippen LogP contribution in [-0.2, 0) is 17.6 Å². The average molecular weight is 475 g/mol. The van der Waals surface area contributed by atoms with Gasteiger partial charge in [-0.2, -0.15) is 10.5 Å². The largest absolute Gasteiger partial charge is 0.384 e. The zero-order valence-electron chi connectivity index (χ0n) is 19.1. The number of carbonyl (C=O) groups excluding carboxylic acids is 1. The van der Waals surface area contributed by atoms with E-state index < -0.39 is 5.92 Å². The van der Waals surface area contributed by atoms with Crippen molar-refractivity contribution in [3.63, 3.8) is 0 Å². The molecule has 2 aromatic heterocycles. The summed E-state index contributed by atoms with van der Waals surface area (Å²) in [6, 6.07) is 6.80. The number of ketones is 1. The van der Waals surface area contributed by atoms with Gasteiger partial charge in [0, 0.05) is 27.4 Å². The van der Waals surface area contributed by atoms with Gasteiger partial charge in [-0.05, 0) is 67.0 Å². The van der Waals surface area contributed by atoms with Gasteiger partial charge in [0.05, 0.1) is 23.1 Å². The van der Waals surface area contributed by atoms with Crippen molar-refractivity contribution < 1.29 is 4.79 Å². The maximum Gasteiger partial charge on any atom is 0.162 e. The van der Waals surface area contributed by atoms with Crippen LogP contribution in [0, 0.1) is 35.0 Å². The highest BCUT2D eigenvalue weighted by molar-refractivity contribution is 7.16. The number of Topliss-reactive ketones (excluding diaryl/α,β-unsaturated/α-hetero) is 1. The Morgan fingerprint density at radius 3 is 2.61 bits per heavy atom. The number of nitrogens with two attached hydrogens (primary N) is 1. The molecule has 0 saturated heterocycles. The molecule has 5 rings (SSSR count). The predicted molar refractivity (Wildman–Crippen MR) is 132 cm³/mol. The molecule has 2 aromatic rings. The van der Waals surface area contributed by atoms with Crippen LogP contribution in [0.3, 0.4) is 0 Å². The Hall–Kier alpha value is -2.87. The third kappa shape index (κ3) is 3.34. The molecular weight excluding hydrogens is 448 g/mol. The lowest BCUT2D eigenvalue weighted by Crippen LogP contribution is -2.42. The molecule has 0 spiro atoms. The molecule has 1 atom stereocenters. The Morgan fingerprint density at radius 1 is 1.18 bits per heavy atom. The maximum absolute atomic E-state index is 13.6. The van der Waals surface area contributed by atoms with Crippen LogP contribution in [0.4, 0.5) is 5.00 Å². The van der Waals surface area contributed by atoms with Gasteiger partial charge >= 0.3 is 0 Å². The quantitative estimate of drug-likeness (QED) is 0.593. The number of nitriles is 2. The molecule has 0 amide bonds. The summed E-state index contributed by atoms with van der Waals surface area (Å²) < 4.78 is 0. The molecule has 2 N–H and O–H groups in total. The van der Waals surface area contributed by atoms with Crippen molar-refractivity contribution >= 4 is 33.5 Å². The fraction of sp³-hybridized carbons (Fsp3) is 0.423. The molecule has 0 saturated carbocycles. The van der Waals surface area contributed by atoms with E-state index in [2.05, 4.69) is 26.0 Å². The third-order valence-electron chi connectivity index (χ3n) is 7.01. The van der Waals surface area contributed by atoms with Crippen LogP contribution in [-0.4, -0.2) is 5.78 Å². The fourth-order valence-electron chi connectivity index (χ4n) is 5.51. The van der Waals surface area contributed by atoms with E-state index in [9.17, 15) is 15.3 Å². The Labute approximate surface area is 202 Å². The van der Waals surface area contributed by atoms with Crippen molar-refractivity contribution in [1.29, 1.82) is 10.5 Å². The molecular formula is C26H26N4OS2. The minimum atomic E-state index is -0.440. The molecule has 3 aliphatic rings. The number of thiophene rings is 2. The van der Waals surface area contributed by atoms with Gasteiger partial charge in [0.2, 0.25) is 0 Å². The van der Waals surface area contributed by atoms with Gasteiger partial charge in [-0.1, -0.05) is 13.8 Å². The standard InChI is InChI=1S/C26H26N4OS2/c1-14-8-9-32-23(14)21-17(13-28)24(29)30(18-10-26(2,3)11-19(31)22(18)21)25-16(12-27)15-6-4-5-7-20(15)33-25/h8-9,21H,4-7,10-11,29H2,1-3H3/t21-/m0/s1. The first-order chi connectivity index (χ1) is 15.8. The van der Waals surface area contributed by atoms with Gasteiger partial charge < -0.3 is 5.73 Å². The molecule has 0 bridgehead atoms. The summed E-state index contributed by atoms with van der Waals surface area (Å²) in [5.41, 5.74) is 11.3. The molecule has 0 aromatic carbocycles. The molecule has 2 aliphatic carbocycles. The number of aryl methyl sites for hydroxylation is 2. The van der Waals surface area contributed by atoms with Crippen molar-refractivity contribution in [2.24, 2.45) is 11.1 Å². The summed E-state index contributed by atoms with van der Waals surface area (Å²) in [5, 5.41) is 23.1. The smallest absolute Gasteiger partial charge is 0.162 e. The fourth-order valence-corrected chi connectivity index (χ4v) is 7.93. The van der Waals surface area contributed by atoms with Crippen LogP contribution in [0.15, 0.2) is 34.1 Å². The lowest BCUT2D eigenvalue weighted by molar-refractivity contribution is -0.118. The van der Waals surface area contributed by atoms with Gasteiger partial charge in [-0.15, -0.1) is 22.7 Å². The topological polar surface area (TPSA) is 93.9 Å². The number of fused-ring (bicyclic) bond motifs is 1. The van der Waals surface area contributed by atoms with Gasteiger partial charge in [-0.25, -0.2) is 0 Å². The summed E-state index contributed by atoms with van der Waals surface area (Å²) in [7, 11) is 0. The molecule has 168 valence electrons. The van der Waals surface area contributed by atoms with Crippen LogP contribution in [0.5, 0.6) is 0 Å². The first-order valence-corrected chi connectivity index (χ1v) is 13.0. The summed E-state index contributed by atoms with van der Waals surface area (Å²) >= 11 is 3.17. The van der Waals surface area contributed by atoms with Crippen LogP contribution >= 0.6 is 22.7 Å². The Balaban J connectivity index is 1.80. The monoisotopic (exact) mass is 474 g/mol. The van der Waals surface area contributed by atoms with E-state index in [0.29, 0.717) is 35.4 Å². The van der Waals surface area contributed by atoms with E-state index in [1.54, 1.807) is 22.7 Å². The lowest BCUT2D eigenvalue weighted by Gasteiger charge is -2.43. The molecule has 5 nitrogen and oxygen atoms in total. The maximum atomic E-state index is 13.6. The second-order valence-electron chi connectivity index (χ2n) is 9.95. The average Bonchev–Trinajstić information content (AvgIpc) is 3.34. The summed E-state index contributed by atoms with van der Waals surface area (Å²) in [4.78, 5) is 17.8. The minimum Gasteiger partial charge on any atom is -0.384 e. The number of allylic oxidation sites excluding steroid dienone is 3. The van der Waals surface area contributed by atoms with E-state index in [0.717, 1.165) is 52.4 Å². The third-order valence-corrected chi connectivity index (χ3v) is 9.37. The van der Waals surface area contributed by atoms with E-state index >= 15 is 0 Å².